The molecule has 2 aliphatic heterocycles. The van der Waals surface area contributed by atoms with Gasteiger partial charge in [0.25, 0.3) is 0 Å². The first-order chi connectivity index (χ1) is 9.46. The van der Waals surface area contributed by atoms with E-state index >= 15 is 0 Å². The fourth-order valence-electron chi connectivity index (χ4n) is 2.38. The smallest absolute Gasteiger partial charge is 0.243 e. The van der Waals surface area contributed by atoms with Gasteiger partial charge in [0.05, 0.1) is 11.3 Å². The Morgan fingerprint density at radius 3 is 2.60 bits per heavy atom. The number of hydrogen-bond donors (Lipinski definition) is 1. The average molecular weight is 314 g/mol. The standard InChI is InChI=1S/C12H14N2O4S2/c15-12-8-9-7-10(1-2-11(9)13-12)20(17,18)14-3-5-19(16)6-4-14/h1-2,7H,3-6,8H2,(H,13,15). The predicted octanol–water partition coefficient (Wildman–Crippen LogP) is -0.0658. The Morgan fingerprint density at radius 2 is 1.90 bits per heavy atom. The van der Waals surface area contributed by atoms with E-state index in [0.717, 1.165) is 0 Å². The van der Waals surface area contributed by atoms with Gasteiger partial charge in [0.2, 0.25) is 15.9 Å². The predicted molar refractivity (Wildman–Crippen MR) is 75.4 cm³/mol. The molecular weight excluding hydrogens is 300 g/mol. The average Bonchev–Trinajstić information content (AvgIpc) is 2.78. The third kappa shape index (κ3) is 2.38. The number of nitrogens with one attached hydrogen (secondary N) is 1. The minimum Gasteiger partial charge on any atom is -0.326 e. The van der Waals surface area contributed by atoms with E-state index < -0.39 is 20.8 Å². The zero-order valence-corrected chi connectivity index (χ0v) is 12.3. The van der Waals surface area contributed by atoms with Gasteiger partial charge in [0.1, 0.15) is 0 Å². The number of benzene rings is 1. The molecule has 0 radical (unpaired) electrons. The van der Waals surface area contributed by atoms with E-state index in [-0.39, 0.29) is 30.3 Å². The summed E-state index contributed by atoms with van der Waals surface area (Å²) in [4.78, 5) is 11.5. The Bertz CT molecular complexity index is 689. The maximum atomic E-state index is 12.5. The van der Waals surface area contributed by atoms with Crippen LogP contribution in [0.5, 0.6) is 0 Å². The fourth-order valence-corrected chi connectivity index (χ4v) is 5.15. The van der Waals surface area contributed by atoms with Crippen LogP contribution in [-0.2, 0) is 32.0 Å². The van der Waals surface area contributed by atoms with Crippen molar-refractivity contribution in [2.24, 2.45) is 0 Å². The Morgan fingerprint density at radius 1 is 1.20 bits per heavy atom. The molecule has 2 aliphatic rings. The van der Waals surface area contributed by atoms with Crippen molar-refractivity contribution in [2.45, 2.75) is 11.3 Å². The second-order valence-corrected chi connectivity index (χ2v) is 8.43. The van der Waals surface area contributed by atoms with Gasteiger partial charge in [-0.1, -0.05) is 0 Å². The largest absolute Gasteiger partial charge is 0.326 e. The molecule has 0 unspecified atom stereocenters. The quantitative estimate of drug-likeness (QED) is 0.828. The number of amides is 1. The van der Waals surface area contributed by atoms with E-state index in [4.69, 9.17) is 0 Å². The molecule has 8 heteroatoms. The molecule has 1 N–H and O–H groups in total. The number of hydrogen-bond acceptors (Lipinski definition) is 4. The van der Waals surface area contributed by atoms with Crippen molar-refractivity contribution in [1.29, 1.82) is 0 Å². The van der Waals surface area contributed by atoms with Gasteiger partial charge in [0.15, 0.2) is 0 Å². The van der Waals surface area contributed by atoms with Gasteiger partial charge in [-0.3, -0.25) is 9.00 Å². The van der Waals surface area contributed by atoms with E-state index in [1.54, 1.807) is 12.1 Å². The Kier molecular flexibility index (Phi) is 3.39. The summed E-state index contributed by atoms with van der Waals surface area (Å²) < 4.78 is 37.7. The topological polar surface area (TPSA) is 83.6 Å². The summed E-state index contributed by atoms with van der Waals surface area (Å²) in [6, 6.07) is 4.68. The number of sulfonamides is 1. The Labute approximate surface area is 119 Å². The molecule has 1 aromatic carbocycles. The highest BCUT2D eigenvalue weighted by Gasteiger charge is 2.29. The summed E-state index contributed by atoms with van der Waals surface area (Å²) in [6.07, 6.45) is 0.211. The summed E-state index contributed by atoms with van der Waals surface area (Å²) in [5.41, 5.74) is 1.38. The highest BCUT2D eigenvalue weighted by Crippen LogP contribution is 2.27. The Hall–Kier alpha value is -1.25. The first-order valence-corrected chi connectivity index (χ1v) is 9.17. The van der Waals surface area contributed by atoms with Crippen LogP contribution in [-0.4, -0.2) is 47.4 Å². The number of anilines is 1. The lowest BCUT2D eigenvalue weighted by Crippen LogP contribution is -2.41. The number of nitrogens with zero attached hydrogens (tertiary/aromatic N) is 1. The fraction of sp³-hybridized carbons (Fsp3) is 0.417. The summed E-state index contributed by atoms with van der Waals surface area (Å²) >= 11 is 0. The molecule has 0 aliphatic carbocycles. The monoisotopic (exact) mass is 314 g/mol. The van der Waals surface area contributed by atoms with Crippen molar-refractivity contribution in [3.63, 3.8) is 0 Å². The van der Waals surface area contributed by atoms with Gasteiger partial charge < -0.3 is 5.32 Å². The second kappa shape index (κ2) is 4.94. The maximum absolute atomic E-state index is 12.5. The maximum Gasteiger partial charge on any atom is 0.243 e. The minimum atomic E-state index is -3.56. The van der Waals surface area contributed by atoms with E-state index in [9.17, 15) is 17.4 Å². The van der Waals surface area contributed by atoms with Gasteiger partial charge in [-0.15, -0.1) is 0 Å². The minimum absolute atomic E-state index is 0.122. The van der Waals surface area contributed by atoms with Crippen molar-refractivity contribution in [3.8, 4) is 0 Å². The van der Waals surface area contributed by atoms with E-state index in [1.807, 2.05) is 0 Å². The number of fused-ring (bicyclic) bond motifs is 1. The van der Waals surface area contributed by atoms with Crippen molar-refractivity contribution in [1.82, 2.24) is 4.31 Å². The van der Waals surface area contributed by atoms with Gasteiger partial charge in [-0.05, 0) is 23.8 Å². The highest BCUT2D eigenvalue weighted by atomic mass is 32.2. The molecule has 0 bridgehead atoms. The molecule has 1 aromatic rings. The summed E-state index contributed by atoms with van der Waals surface area (Å²) in [5.74, 6) is 0.636. The van der Waals surface area contributed by atoms with Crippen LogP contribution in [0.2, 0.25) is 0 Å². The molecule has 108 valence electrons. The van der Waals surface area contributed by atoms with Gasteiger partial charge in [0, 0.05) is 41.1 Å². The molecule has 1 saturated heterocycles. The Balaban J connectivity index is 1.90. The van der Waals surface area contributed by atoms with Crippen LogP contribution < -0.4 is 5.32 Å². The summed E-state index contributed by atoms with van der Waals surface area (Å²) in [6.45, 7) is 0.562. The van der Waals surface area contributed by atoms with E-state index in [0.29, 0.717) is 22.8 Å². The second-order valence-electron chi connectivity index (χ2n) is 4.80. The van der Waals surface area contributed by atoms with Crippen LogP contribution in [0.25, 0.3) is 0 Å². The lowest BCUT2D eigenvalue weighted by atomic mass is 10.2. The van der Waals surface area contributed by atoms with Gasteiger partial charge >= 0.3 is 0 Å². The van der Waals surface area contributed by atoms with Crippen LogP contribution in [0.1, 0.15) is 5.56 Å². The highest BCUT2D eigenvalue weighted by molar-refractivity contribution is 7.89. The number of carbonyl (C=O) groups is 1. The lowest BCUT2D eigenvalue weighted by molar-refractivity contribution is -0.115. The third-order valence-electron chi connectivity index (χ3n) is 3.48. The lowest BCUT2D eigenvalue weighted by Gasteiger charge is -2.25. The first kappa shape index (κ1) is 13.7. The molecule has 3 rings (SSSR count). The molecule has 6 nitrogen and oxygen atoms in total. The third-order valence-corrected chi connectivity index (χ3v) is 6.65. The SMILES string of the molecule is O=C1Cc2cc(S(=O)(=O)N3CCS(=O)CC3)ccc2N1. The summed E-state index contributed by atoms with van der Waals surface area (Å²) in [5, 5.41) is 2.67. The molecule has 1 fully saturated rings. The van der Waals surface area contributed by atoms with Crippen molar-refractivity contribution >= 4 is 32.4 Å². The molecule has 20 heavy (non-hydrogen) atoms. The van der Waals surface area contributed by atoms with Gasteiger partial charge in [-0.25, -0.2) is 8.42 Å². The zero-order valence-electron chi connectivity index (χ0n) is 10.7. The normalized spacial score (nSPS) is 20.7. The van der Waals surface area contributed by atoms with E-state index in [1.165, 1.54) is 10.4 Å². The number of carbonyl (C=O) groups excluding carboxylic acids is 1. The van der Waals surface area contributed by atoms with Crippen LogP contribution in [0, 0.1) is 0 Å². The van der Waals surface area contributed by atoms with Crippen molar-refractivity contribution in [2.75, 3.05) is 29.9 Å². The van der Waals surface area contributed by atoms with Crippen molar-refractivity contribution < 1.29 is 17.4 Å². The molecule has 0 aromatic heterocycles. The van der Waals surface area contributed by atoms with Gasteiger partial charge in [-0.2, -0.15) is 4.31 Å². The molecule has 0 saturated carbocycles. The van der Waals surface area contributed by atoms with Crippen LogP contribution in [0.15, 0.2) is 23.1 Å². The molecule has 2 heterocycles. The van der Waals surface area contributed by atoms with Crippen LogP contribution in [0.3, 0.4) is 0 Å². The first-order valence-electron chi connectivity index (χ1n) is 6.25. The molecular formula is C12H14N2O4S2. The molecule has 1 amide bonds. The van der Waals surface area contributed by atoms with Crippen LogP contribution in [0.4, 0.5) is 5.69 Å². The van der Waals surface area contributed by atoms with Crippen molar-refractivity contribution in [3.05, 3.63) is 23.8 Å². The van der Waals surface area contributed by atoms with E-state index in [2.05, 4.69) is 5.32 Å². The summed E-state index contributed by atoms with van der Waals surface area (Å²) in [7, 11) is -4.48. The molecule has 0 spiro atoms. The zero-order chi connectivity index (χ0) is 14.3. The number of rotatable bonds is 2. The van der Waals surface area contributed by atoms with Crippen LogP contribution >= 0.6 is 0 Å². The molecule has 0 atom stereocenters.